The topological polar surface area (TPSA) is 76.4 Å². The zero-order valence-electron chi connectivity index (χ0n) is 18.3. The summed E-state index contributed by atoms with van der Waals surface area (Å²) in [6.45, 7) is 8.93. The van der Waals surface area contributed by atoms with E-state index in [0.717, 1.165) is 41.6 Å². The van der Waals surface area contributed by atoms with Gasteiger partial charge in [-0.05, 0) is 43.5 Å². The van der Waals surface area contributed by atoms with Gasteiger partial charge in [0.1, 0.15) is 17.9 Å². The summed E-state index contributed by atoms with van der Waals surface area (Å²) in [7, 11) is 0. The van der Waals surface area contributed by atoms with E-state index >= 15 is 0 Å². The zero-order valence-corrected chi connectivity index (χ0v) is 20.7. The summed E-state index contributed by atoms with van der Waals surface area (Å²) in [4.78, 5) is 13.2. The molecule has 0 fully saturated rings. The molecule has 31 heavy (non-hydrogen) atoms. The molecule has 2 heterocycles. The summed E-state index contributed by atoms with van der Waals surface area (Å²) in [5.74, 6) is 2.53. The maximum Gasteiger partial charge on any atom is 0.191 e. The first-order valence-corrected chi connectivity index (χ1v) is 10.4. The molecule has 2 aromatic heterocycles. The number of imidazole rings is 1. The van der Waals surface area contributed by atoms with E-state index in [2.05, 4.69) is 59.6 Å². The Balaban J connectivity index is 0.00000341. The van der Waals surface area contributed by atoms with Crippen LogP contribution in [0.5, 0.6) is 5.75 Å². The van der Waals surface area contributed by atoms with Crippen LogP contribution < -0.4 is 15.4 Å². The molecule has 0 saturated heterocycles. The minimum Gasteiger partial charge on any atom is -0.493 e. The molecule has 0 aliphatic carbocycles. The molecule has 1 aromatic carbocycles. The molecule has 3 rings (SSSR count). The molecule has 7 nitrogen and oxygen atoms in total. The minimum atomic E-state index is 0. The van der Waals surface area contributed by atoms with E-state index in [1.807, 2.05) is 29.1 Å². The highest BCUT2D eigenvalue weighted by Crippen LogP contribution is 2.20. The highest BCUT2D eigenvalue weighted by atomic mass is 127. The second kappa shape index (κ2) is 12.9. The number of nitrogens with zero attached hydrogens (tertiary/aromatic N) is 4. The van der Waals surface area contributed by atoms with Gasteiger partial charge in [0, 0.05) is 37.2 Å². The Kier molecular flexibility index (Phi) is 10.3. The number of guanidine groups is 1. The monoisotopic (exact) mass is 534 g/mol. The van der Waals surface area contributed by atoms with Crippen molar-refractivity contribution >= 4 is 29.9 Å². The number of ether oxygens (including phenoxy) is 1. The van der Waals surface area contributed by atoms with Gasteiger partial charge in [-0.15, -0.1) is 24.0 Å². The van der Waals surface area contributed by atoms with Gasteiger partial charge in [0.15, 0.2) is 5.96 Å². The van der Waals surface area contributed by atoms with E-state index in [1.165, 1.54) is 5.56 Å². The van der Waals surface area contributed by atoms with E-state index in [9.17, 15) is 0 Å². The molecule has 0 radical (unpaired) electrons. The first-order valence-electron chi connectivity index (χ1n) is 10.4. The maximum absolute atomic E-state index is 5.92. The molecular weight excluding hydrogens is 503 g/mol. The van der Waals surface area contributed by atoms with Crippen molar-refractivity contribution in [3.05, 3.63) is 71.9 Å². The Bertz CT molecular complexity index is 941. The van der Waals surface area contributed by atoms with Crippen molar-refractivity contribution in [2.75, 3.05) is 13.2 Å². The molecule has 0 spiro atoms. The molecule has 0 bridgehead atoms. The fourth-order valence-electron chi connectivity index (χ4n) is 2.90. The molecule has 3 aromatic rings. The first kappa shape index (κ1) is 24.6. The van der Waals surface area contributed by atoms with Crippen LogP contribution in [0.3, 0.4) is 0 Å². The molecule has 166 valence electrons. The molecule has 0 amide bonds. The lowest BCUT2D eigenvalue weighted by molar-refractivity contribution is 0.313. The van der Waals surface area contributed by atoms with Crippen LogP contribution in [0, 0.1) is 6.92 Å². The predicted molar refractivity (Wildman–Crippen MR) is 135 cm³/mol. The van der Waals surface area contributed by atoms with Gasteiger partial charge >= 0.3 is 0 Å². The van der Waals surface area contributed by atoms with Crippen LogP contribution in [0.25, 0.3) is 5.82 Å². The number of aromatic nitrogens is 3. The van der Waals surface area contributed by atoms with Gasteiger partial charge in [0.2, 0.25) is 0 Å². The van der Waals surface area contributed by atoms with E-state index in [0.29, 0.717) is 19.7 Å². The first-order chi connectivity index (χ1) is 14.7. The number of benzene rings is 1. The number of halogens is 1. The highest BCUT2D eigenvalue weighted by Gasteiger charge is 2.06. The Morgan fingerprint density at radius 1 is 1.16 bits per heavy atom. The zero-order chi connectivity index (χ0) is 21.2. The van der Waals surface area contributed by atoms with E-state index in [1.54, 1.807) is 12.5 Å². The predicted octanol–water partition coefficient (Wildman–Crippen LogP) is 4.24. The van der Waals surface area contributed by atoms with E-state index in [-0.39, 0.29) is 24.0 Å². The number of hydrogen-bond donors (Lipinski definition) is 2. The van der Waals surface area contributed by atoms with Crippen molar-refractivity contribution < 1.29 is 4.74 Å². The van der Waals surface area contributed by atoms with Crippen molar-refractivity contribution in [1.82, 2.24) is 25.2 Å². The largest absolute Gasteiger partial charge is 0.493 e. The summed E-state index contributed by atoms with van der Waals surface area (Å²) in [5, 5.41) is 6.70. The van der Waals surface area contributed by atoms with Gasteiger partial charge in [0.25, 0.3) is 0 Å². The van der Waals surface area contributed by atoms with Crippen LogP contribution in [0.1, 0.15) is 37.0 Å². The number of aryl methyl sites for hydroxylation is 1. The third-order valence-electron chi connectivity index (χ3n) is 4.47. The molecule has 0 aliphatic rings. The Morgan fingerprint density at radius 2 is 2.03 bits per heavy atom. The Hall–Kier alpha value is -2.62. The van der Waals surface area contributed by atoms with Crippen LogP contribution >= 0.6 is 24.0 Å². The van der Waals surface area contributed by atoms with Crippen molar-refractivity contribution in [1.29, 1.82) is 0 Å². The number of nitrogens with one attached hydrogen (secondary N) is 2. The Labute approximate surface area is 201 Å². The summed E-state index contributed by atoms with van der Waals surface area (Å²) in [6, 6.07) is 10.3. The van der Waals surface area contributed by atoms with Gasteiger partial charge in [-0.3, -0.25) is 4.57 Å². The SMILES string of the molecule is CCCOc1cc(C)ccc1CNC(=NCc1ccc(-n2ccnc2)nc1)NCC.I. The van der Waals surface area contributed by atoms with E-state index in [4.69, 9.17) is 9.73 Å². The smallest absolute Gasteiger partial charge is 0.191 e. The standard InChI is InChI=1S/C23H30N6O.HI/c1-4-12-30-21-13-18(3)6-8-20(21)16-28-23(25-5-2)27-15-19-7-9-22(26-14-19)29-11-10-24-17-29;/h6-11,13-14,17H,4-5,12,15-16H2,1-3H3,(H2,25,27,28);1H. The fraction of sp³-hybridized carbons (Fsp3) is 0.348. The van der Waals surface area contributed by atoms with Gasteiger partial charge < -0.3 is 15.4 Å². The minimum absolute atomic E-state index is 0. The summed E-state index contributed by atoms with van der Waals surface area (Å²) < 4.78 is 7.79. The highest BCUT2D eigenvalue weighted by molar-refractivity contribution is 14.0. The van der Waals surface area contributed by atoms with Crippen LogP contribution in [-0.4, -0.2) is 33.6 Å². The molecule has 2 N–H and O–H groups in total. The summed E-state index contributed by atoms with van der Waals surface area (Å²) >= 11 is 0. The third-order valence-corrected chi connectivity index (χ3v) is 4.47. The van der Waals surface area contributed by atoms with Gasteiger partial charge in [-0.25, -0.2) is 15.0 Å². The molecule has 0 saturated carbocycles. The number of pyridine rings is 1. The quantitative estimate of drug-likeness (QED) is 0.244. The van der Waals surface area contributed by atoms with Crippen molar-refractivity contribution in [2.45, 2.75) is 40.3 Å². The number of aliphatic imine (C=N–C) groups is 1. The van der Waals surface area contributed by atoms with Crippen molar-refractivity contribution in [3.8, 4) is 11.6 Å². The lowest BCUT2D eigenvalue weighted by Gasteiger charge is -2.15. The molecule has 0 atom stereocenters. The summed E-state index contributed by atoms with van der Waals surface area (Å²) in [5.41, 5.74) is 3.35. The van der Waals surface area contributed by atoms with Crippen LogP contribution in [0.2, 0.25) is 0 Å². The van der Waals surface area contributed by atoms with E-state index < -0.39 is 0 Å². The maximum atomic E-state index is 5.92. The van der Waals surface area contributed by atoms with Crippen molar-refractivity contribution in [2.24, 2.45) is 4.99 Å². The van der Waals surface area contributed by atoms with Crippen LogP contribution in [0.4, 0.5) is 0 Å². The average molecular weight is 534 g/mol. The normalized spacial score (nSPS) is 11.0. The van der Waals surface area contributed by atoms with Gasteiger partial charge in [-0.2, -0.15) is 0 Å². The van der Waals surface area contributed by atoms with Crippen LogP contribution in [0.15, 0.2) is 60.2 Å². The van der Waals surface area contributed by atoms with Crippen molar-refractivity contribution in [3.63, 3.8) is 0 Å². The van der Waals surface area contributed by atoms with Gasteiger partial charge in [0.05, 0.1) is 13.2 Å². The lowest BCUT2D eigenvalue weighted by Crippen LogP contribution is -2.36. The number of rotatable bonds is 9. The Morgan fingerprint density at radius 3 is 2.71 bits per heavy atom. The molecule has 0 aliphatic heterocycles. The second-order valence-corrected chi connectivity index (χ2v) is 7.00. The second-order valence-electron chi connectivity index (χ2n) is 7.00. The lowest BCUT2D eigenvalue weighted by atomic mass is 10.1. The molecular formula is C23H31IN6O. The molecule has 0 unspecified atom stereocenters. The van der Waals surface area contributed by atoms with Crippen LogP contribution in [-0.2, 0) is 13.1 Å². The average Bonchev–Trinajstić information content (AvgIpc) is 3.30. The fourth-order valence-corrected chi connectivity index (χ4v) is 2.90. The third kappa shape index (κ3) is 7.54. The summed E-state index contributed by atoms with van der Waals surface area (Å²) in [6.07, 6.45) is 8.17. The number of hydrogen-bond acceptors (Lipinski definition) is 4. The van der Waals surface area contributed by atoms with Gasteiger partial charge in [-0.1, -0.05) is 25.1 Å². The molecule has 8 heteroatoms.